The van der Waals surface area contributed by atoms with Crippen LogP contribution in [-0.2, 0) is 52.4 Å². The summed E-state index contributed by atoms with van der Waals surface area (Å²) in [5.41, 5.74) is 15.2. The summed E-state index contributed by atoms with van der Waals surface area (Å²) in [6, 6.07) is 8.90. The highest BCUT2D eigenvalue weighted by atomic mass is 32.2. The van der Waals surface area contributed by atoms with Crippen molar-refractivity contribution in [2.75, 3.05) is 32.2 Å². The zero-order chi connectivity index (χ0) is 35.8. The lowest BCUT2D eigenvalue weighted by atomic mass is 9.96. The first-order valence-electron chi connectivity index (χ1n) is 15.9. The number of rotatable bonds is 19. The third kappa shape index (κ3) is 13.5. The highest BCUT2D eigenvalue weighted by Crippen LogP contribution is 2.22. The number of hydrogen-bond donors (Lipinski definition) is 5. The van der Waals surface area contributed by atoms with Crippen LogP contribution in [0.25, 0.3) is 0 Å². The number of methoxy groups -OCH3 is 1. The van der Waals surface area contributed by atoms with Crippen LogP contribution in [0.5, 0.6) is 5.75 Å². The maximum atomic E-state index is 13.8. The van der Waals surface area contributed by atoms with E-state index in [-0.39, 0.29) is 49.7 Å². The Hall–Kier alpha value is -4.14. The Morgan fingerprint density at radius 3 is 2.17 bits per heavy atom. The van der Waals surface area contributed by atoms with E-state index >= 15 is 0 Å². The van der Waals surface area contributed by atoms with Gasteiger partial charge >= 0.3 is 5.97 Å². The lowest BCUT2D eigenvalue weighted by Gasteiger charge is -2.31. The number of esters is 1. The minimum Gasteiger partial charge on any atom is -0.508 e. The van der Waals surface area contributed by atoms with Crippen LogP contribution in [0.15, 0.2) is 42.5 Å². The summed E-state index contributed by atoms with van der Waals surface area (Å²) in [6.07, 6.45) is 3.48. The van der Waals surface area contributed by atoms with Crippen LogP contribution in [0.1, 0.15) is 54.4 Å². The van der Waals surface area contributed by atoms with E-state index in [1.807, 2.05) is 6.07 Å². The van der Waals surface area contributed by atoms with E-state index in [0.717, 1.165) is 22.3 Å². The first kappa shape index (κ1) is 40.0. The number of carbonyl (C=O) groups excluding carboxylic acids is 5. The standard InChI is InChI=1S/C34H49N5O8S/c1-22-17-25(40)18-23(2)26(22)20-28(36)32(43)37-21-30(41)39(15-10-6-9-13-31(42)47-3)29(19-24-11-7-5-8-12-24)34(45)38-33(44)27(35)14-16-48(4)46/h5,7-8,11-12,17-18,27-29,40H,6,9-10,13-16,19-21,35-36H2,1-4H3,(H,37,43)(H,38,44,45)/t27?,28-,29+,48?/m1/s1. The molecule has 0 saturated carbocycles. The minimum absolute atomic E-state index is 0.0644. The third-order valence-electron chi connectivity index (χ3n) is 7.93. The second-order valence-electron chi connectivity index (χ2n) is 11.8. The Kier molecular flexibility index (Phi) is 16.9. The number of amides is 4. The van der Waals surface area contributed by atoms with Crippen LogP contribution in [0.3, 0.4) is 0 Å². The van der Waals surface area contributed by atoms with Gasteiger partial charge < -0.3 is 31.5 Å². The van der Waals surface area contributed by atoms with Crippen molar-refractivity contribution >= 4 is 40.4 Å². The Labute approximate surface area is 284 Å². The number of unbranched alkanes of at least 4 members (excludes halogenated alkanes) is 2. The number of ether oxygens (including phenoxy) is 1. The monoisotopic (exact) mass is 687 g/mol. The van der Waals surface area contributed by atoms with Gasteiger partial charge in [0.2, 0.25) is 23.6 Å². The summed E-state index contributed by atoms with van der Waals surface area (Å²) in [7, 11) is 0.124. The number of phenols is 1. The van der Waals surface area contributed by atoms with Crippen molar-refractivity contribution in [3.05, 3.63) is 64.7 Å². The Morgan fingerprint density at radius 1 is 0.917 bits per heavy atom. The van der Waals surface area contributed by atoms with Gasteiger partial charge in [-0.3, -0.25) is 33.5 Å². The molecule has 14 heteroatoms. The number of nitrogens with zero attached hydrogens (tertiary/aromatic N) is 1. The Bertz CT molecular complexity index is 1410. The lowest BCUT2D eigenvalue weighted by Crippen LogP contribution is -2.56. The molecule has 0 saturated heterocycles. The van der Waals surface area contributed by atoms with E-state index in [2.05, 4.69) is 10.6 Å². The van der Waals surface area contributed by atoms with Gasteiger partial charge in [-0.15, -0.1) is 0 Å². The normalized spacial score (nSPS) is 13.5. The average Bonchev–Trinajstić information content (AvgIpc) is 3.04. The minimum atomic E-state index is -1.18. The molecular weight excluding hydrogens is 638 g/mol. The van der Waals surface area contributed by atoms with Gasteiger partial charge in [-0.1, -0.05) is 36.8 Å². The molecule has 264 valence electrons. The second-order valence-corrected chi connectivity index (χ2v) is 13.3. The highest BCUT2D eigenvalue weighted by Gasteiger charge is 2.32. The van der Waals surface area contributed by atoms with Crippen molar-refractivity contribution in [3.63, 3.8) is 0 Å². The van der Waals surface area contributed by atoms with Crippen molar-refractivity contribution in [2.45, 2.75) is 76.9 Å². The molecule has 13 nitrogen and oxygen atoms in total. The maximum Gasteiger partial charge on any atom is 0.305 e. The predicted molar refractivity (Wildman–Crippen MR) is 183 cm³/mol. The molecule has 2 aromatic carbocycles. The van der Waals surface area contributed by atoms with Gasteiger partial charge in [0.05, 0.1) is 25.7 Å². The molecule has 48 heavy (non-hydrogen) atoms. The van der Waals surface area contributed by atoms with Crippen molar-refractivity contribution in [1.29, 1.82) is 0 Å². The van der Waals surface area contributed by atoms with E-state index in [1.165, 1.54) is 18.3 Å². The predicted octanol–water partition coefficient (Wildman–Crippen LogP) is 0.907. The zero-order valence-electron chi connectivity index (χ0n) is 28.2. The van der Waals surface area contributed by atoms with Crippen LogP contribution in [0.4, 0.5) is 0 Å². The van der Waals surface area contributed by atoms with E-state index in [4.69, 9.17) is 16.2 Å². The molecule has 2 unspecified atom stereocenters. The van der Waals surface area contributed by atoms with Gasteiger partial charge in [0.15, 0.2) is 0 Å². The number of nitrogens with two attached hydrogens (primary N) is 2. The summed E-state index contributed by atoms with van der Waals surface area (Å²) >= 11 is 0. The van der Waals surface area contributed by atoms with Crippen molar-refractivity contribution in [3.8, 4) is 5.75 Å². The quantitative estimate of drug-likeness (QED) is 0.104. The summed E-state index contributed by atoms with van der Waals surface area (Å²) < 4.78 is 16.2. The number of nitrogens with one attached hydrogen (secondary N) is 2. The molecule has 2 aromatic rings. The van der Waals surface area contributed by atoms with Crippen molar-refractivity contribution < 1.29 is 38.0 Å². The second kappa shape index (κ2) is 20.3. The molecule has 0 aliphatic rings. The highest BCUT2D eigenvalue weighted by molar-refractivity contribution is 7.84. The number of carbonyl (C=O) groups is 5. The molecule has 0 aliphatic heterocycles. The fraction of sp³-hybridized carbons (Fsp3) is 0.500. The molecule has 2 rings (SSSR count). The molecule has 4 amide bonds. The van der Waals surface area contributed by atoms with Gasteiger partial charge in [0, 0.05) is 42.2 Å². The summed E-state index contributed by atoms with van der Waals surface area (Å²) in [5.74, 6) is -2.73. The molecule has 7 N–H and O–H groups in total. The number of imide groups is 1. The van der Waals surface area contributed by atoms with E-state index in [0.29, 0.717) is 19.3 Å². The van der Waals surface area contributed by atoms with Gasteiger partial charge in [-0.25, -0.2) is 0 Å². The average molecular weight is 688 g/mol. The summed E-state index contributed by atoms with van der Waals surface area (Å²) in [4.78, 5) is 66.2. The van der Waals surface area contributed by atoms with Gasteiger partial charge in [-0.2, -0.15) is 0 Å². The lowest BCUT2D eigenvalue weighted by molar-refractivity contribution is -0.143. The largest absolute Gasteiger partial charge is 0.508 e. The maximum absolute atomic E-state index is 13.8. The molecule has 0 spiro atoms. The Morgan fingerprint density at radius 2 is 1.56 bits per heavy atom. The van der Waals surface area contributed by atoms with Gasteiger partial charge in [0.1, 0.15) is 11.8 Å². The van der Waals surface area contributed by atoms with Gasteiger partial charge in [-0.05, 0) is 73.9 Å². The van der Waals surface area contributed by atoms with Crippen LogP contribution in [0, 0.1) is 13.8 Å². The number of aromatic hydroxyl groups is 1. The molecular formula is C34H49N5O8S. The number of phenolic OH excluding ortho intramolecular Hbond substituents is 1. The van der Waals surface area contributed by atoms with Crippen molar-refractivity contribution in [1.82, 2.24) is 15.5 Å². The van der Waals surface area contributed by atoms with Crippen LogP contribution < -0.4 is 22.1 Å². The topological polar surface area (TPSA) is 211 Å². The van der Waals surface area contributed by atoms with E-state index < -0.39 is 59.1 Å². The SMILES string of the molecule is COC(=O)CCCCCN(C(=O)CNC(=O)[C@H](N)Cc1c(C)cc(O)cc1C)[C@@H](Cc1ccccc1)C(=O)NC(=O)C(N)CCS(C)=O. The first-order chi connectivity index (χ1) is 22.7. The first-order valence-corrected chi connectivity index (χ1v) is 17.6. The van der Waals surface area contributed by atoms with E-state index in [1.54, 1.807) is 50.2 Å². The fourth-order valence-corrected chi connectivity index (χ4v) is 5.77. The number of benzene rings is 2. The van der Waals surface area contributed by atoms with Crippen molar-refractivity contribution in [2.24, 2.45) is 11.5 Å². The Balaban J connectivity index is 2.27. The third-order valence-corrected chi connectivity index (χ3v) is 8.74. The van der Waals surface area contributed by atoms with Gasteiger partial charge in [0.25, 0.3) is 0 Å². The zero-order valence-corrected chi connectivity index (χ0v) is 29.0. The molecule has 0 bridgehead atoms. The van der Waals surface area contributed by atoms with E-state index in [9.17, 15) is 33.3 Å². The molecule has 0 aromatic heterocycles. The molecule has 4 atom stereocenters. The smallest absolute Gasteiger partial charge is 0.305 e. The molecule has 0 heterocycles. The number of hydrogen-bond acceptors (Lipinski definition) is 10. The molecule has 0 aliphatic carbocycles. The molecule has 0 fully saturated rings. The van der Waals surface area contributed by atoms with Crippen LogP contribution >= 0.6 is 0 Å². The molecule has 0 radical (unpaired) electrons. The number of aryl methyl sites for hydroxylation is 2. The van der Waals surface area contributed by atoms with Crippen LogP contribution in [-0.4, -0.2) is 94.1 Å². The summed E-state index contributed by atoms with van der Waals surface area (Å²) in [6.45, 7) is 3.24. The summed E-state index contributed by atoms with van der Waals surface area (Å²) in [5, 5.41) is 14.8. The fourth-order valence-electron chi connectivity index (χ4n) is 5.19. The van der Waals surface area contributed by atoms with Crippen LogP contribution in [0.2, 0.25) is 0 Å².